The summed E-state index contributed by atoms with van der Waals surface area (Å²) in [6, 6.07) is 6.50. The first-order valence-electron chi connectivity index (χ1n) is 8.31. The Kier molecular flexibility index (Phi) is 4.43. The van der Waals surface area contributed by atoms with Gasteiger partial charge < -0.3 is 20.5 Å². The van der Waals surface area contributed by atoms with Crippen LogP contribution in [0.25, 0.3) is 0 Å². The smallest absolute Gasteiger partial charge is 0.283 e. The molecule has 2 atom stereocenters. The maximum Gasteiger partial charge on any atom is 0.283 e. The van der Waals surface area contributed by atoms with Crippen molar-refractivity contribution in [3.63, 3.8) is 0 Å². The molecule has 1 amide bonds. The Labute approximate surface area is 163 Å². The average Bonchev–Trinajstić information content (AvgIpc) is 3.01. The SMILES string of the molecule is NC1=NC2(c3cc(NC(=O)c4ccc(Cl)cn4)ccc3F)COCC2(F)CO1. The molecular formula is C18H15ClF2N4O3. The van der Waals surface area contributed by atoms with E-state index in [2.05, 4.69) is 15.3 Å². The number of nitrogens with one attached hydrogen (secondary N) is 1. The number of hydrogen-bond donors (Lipinski definition) is 2. The van der Waals surface area contributed by atoms with E-state index in [4.69, 9.17) is 26.8 Å². The van der Waals surface area contributed by atoms with Crippen molar-refractivity contribution in [2.24, 2.45) is 10.7 Å². The molecule has 2 aliphatic rings. The van der Waals surface area contributed by atoms with Gasteiger partial charge in [0.2, 0.25) is 0 Å². The highest BCUT2D eigenvalue weighted by molar-refractivity contribution is 6.30. The second-order valence-corrected chi connectivity index (χ2v) is 7.00. The van der Waals surface area contributed by atoms with Gasteiger partial charge in [0.25, 0.3) is 11.9 Å². The van der Waals surface area contributed by atoms with Crippen molar-refractivity contribution in [2.45, 2.75) is 11.2 Å². The molecule has 1 fully saturated rings. The van der Waals surface area contributed by atoms with Gasteiger partial charge in [0, 0.05) is 17.4 Å². The van der Waals surface area contributed by atoms with Crippen LogP contribution in [-0.4, -0.2) is 42.4 Å². The molecule has 7 nitrogen and oxygen atoms in total. The first-order valence-corrected chi connectivity index (χ1v) is 8.68. The molecule has 0 aliphatic carbocycles. The fourth-order valence-electron chi connectivity index (χ4n) is 3.32. The zero-order valence-electron chi connectivity index (χ0n) is 14.4. The maximum atomic E-state index is 15.5. The lowest BCUT2D eigenvalue weighted by molar-refractivity contribution is 0.00905. The third-order valence-corrected chi connectivity index (χ3v) is 4.99. The van der Waals surface area contributed by atoms with E-state index in [9.17, 15) is 9.18 Å². The van der Waals surface area contributed by atoms with Gasteiger partial charge in [0.15, 0.2) is 11.2 Å². The van der Waals surface area contributed by atoms with Crippen LogP contribution >= 0.6 is 11.6 Å². The van der Waals surface area contributed by atoms with Gasteiger partial charge in [-0.25, -0.2) is 18.8 Å². The Morgan fingerprint density at radius 1 is 1.25 bits per heavy atom. The van der Waals surface area contributed by atoms with Gasteiger partial charge in [0.1, 0.15) is 18.1 Å². The van der Waals surface area contributed by atoms with Gasteiger partial charge >= 0.3 is 0 Å². The molecule has 2 aliphatic heterocycles. The number of nitrogens with zero attached hydrogens (tertiary/aromatic N) is 2. The molecule has 1 aromatic heterocycles. The Hall–Kier alpha value is -2.78. The van der Waals surface area contributed by atoms with Crippen LogP contribution < -0.4 is 11.1 Å². The Bertz CT molecular complexity index is 972. The summed E-state index contributed by atoms with van der Waals surface area (Å²) in [6.07, 6.45) is 1.33. The minimum absolute atomic E-state index is 0.0828. The predicted molar refractivity (Wildman–Crippen MR) is 97.5 cm³/mol. The highest BCUT2D eigenvalue weighted by Gasteiger charge is 2.62. The van der Waals surface area contributed by atoms with Crippen molar-refractivity contribution in [1.82, 2.24) is 4.98 Å². The molecule has 1 saturated heterocycles. The van der Waals surface area contributed by atoms with Gasteiger partial charge in [-0.1, -0.05) is 11.6 Å². The molecule has 1 aromatic carbocycles. The quantitative estimate of drug-likeness (QED) is 0.812. The van der Waals surface area contributed by atoms with Crippen LogP contribution in [0.2, 0.25) is 5.02 Å². The summed E-state index contributed by atoms with van der Waals surface area (Å²) < 4.78 is 40.4. The molecule has 4 rings (SSSR count). The molecule has 10 heteroatoms. The Morgan fingerprint density at radius 2 is 2.07 bits per heavy atom. The summed E-state index contributed by atoms with van der Waals surface area (Å²) in [7, 11) is 0. The number of aromatic nitrogens is 1. The van der Waals surface area contributed by atoms with Crippen LogP contribution in [0.5, 0.6) is 0 Å². The number of hydrogen-bond acceptors (Lipinski definition) is 6. The first kappa shape index (κ1) is 18.6. The molecule has 0 bridgehead atoms. The number of pyridine rings is 1. The monoisotopic (exact) mass is 408 g/mol. The van der Waals surface area contributed by atoms with Crippen LogP contribution in [0.1, 0.15) is 16.1 Å². The Morgan fingerprint density at radius 3 is 2.82 bits per heavy atom. The molecule has 0 radical (unpaired) electrons. The standard InChI is InChI=1S/C18H15ClF2N4O3/c19-10-1-4-14(23-6-10)15(26)24-11-2-3-13(20)12(5-11)18-9-27-7-17(18,21)8-28-16(22)25-18/h1-6H,7-9H2,(H2,22,25)(H,24,26). The normalized spacial score (nSPS) is 26.2. The number of fused-ring (bicyclic) bond motifs is 1. The van der Waals surface area contributed by atoms with E-state index in [0.717, 1.165) is 6.07 Å². The number of halogens is 3. The van der Waals surface area contributed by atoms with Gasteiger partial charge in [0.05, 0.1) is 18.2 Å². The number of benzene rings is 1. The number of nitrogens with two attached hydrogens (primary N) is 1. The summed E-state index contributed by atoms with van der Waals surface area (Å²) in [5.74, 6) is -1.23. The summed E-state index contributed by atoms with van der Waals surface area (Å²) in [5, 5.41) is 2.98. The first-order chi connectivity index (χ1) is 13.3. The van der Waals surface area contributed by atoms with E-state index in [-0.39, 0.29) is 36.2 Å². The van der Waals surface area contributed by atoms with E-state index in [1.165, 1.54) is 30.5 Å². The Balaban J connectivity index is 1.70. The minimum atomic E-state index is -2.09. The van der Waals surface area contributed by atoms with Crippen LogP contribution in [0.4, 0.5) is 14.5 Å². The zero-order chi connectivity index (χ0) is 19.9. The lowest BCUT2D eigenvalue weighted by Gasteiger charge is -2.38. The van der Waals surface area contributed by atoms with Crippen molar-refractivity contribution in [1.29, 1.82) is 0 Å². The maximum absolute atomic E-state index is 15.5. The number of carbonyl (C=O) groups is 1. The fraction of sp³-hybridized carbons (Fsp3) is 0.278. The molecule has 0 saturated carbocycles. The number of rotatable bonds is 3. The van der Waals surface area contributed by atoms with Gasteiger partial charge in [-0.2, -0.15) is 0 Å². The highest BCUT2D eigenvalue weighted by atomic mass is 35.5. The highest BCUT2D eigenvalue weighted by Crippen LogP contribution is 2.48. The summed E-state index contributed by atoms with van der Waals surface area (Å²) in [5.41, 5.74) is 2.11. The number of carbonyl (C=O) groups excluding carboxylic acids is 1. The number of amides is 1. The number of alkyl halides is 1. The molecule has 3 heterocycles. The summed E-state index contributed by atoms with van der Waals surface area (Å²) in [6.45, 7) is -0.928. The van der Waals surface area contributed by atoms with Crippen molar-refractivity contribution in [2.75, 3.05) is 25.1 Å². The van der Waals surface area contributed by atoms with E-state index in [0.29, 0.717) is 5.02 Å². The lowest BCUT2D eigenvalue weighted by atomic mass is 9.78. The largest absolute Gasteiger partial charge is 0.462 e. The van der Waals surface area contributed by atoms with E-state index < -0.39 is 29.5 Å². The van der Waals surface area contributed by atoms with Gasteiger partial charge in [-0.3, -0.25) is 4.79 Å². The van der Waals surface area contributed by atoms with Crippen LogP contribution in [0.3, 0.4) is 0 Å². The fourth-order valence-corrected chi connectivity index (χ4v) is 3.43. The number of amidine groups is 1. The number of ether oxygens (including phenoxy) is 2. The molecule has 2 aromatic rings. The van der Waals surface area contributed by atoms with Crippen molar-refractivity contribution in [3.8, 4) is 0 Å². The summed E-state index contributed by atoms with van der Waals surface area (Å²) in [4.78, 5) is 20.3. The number of anilines is 1. The zero-order valence-corrected chi connectivity index (χ0v) is 15.2. The van der Waals surface area contributed by atoms with Crippen molar-refractivity contribution in [3.05, 3.63) is 58.6 Å². The minimum Gasteiger partial charge on any atom is -0.462 e. The molecule has 2 unspecified atom stereocenters. The second-order valence-electron chi connectivity index (χ2n) is 6.57. The van der Waals surface area contributed by atoms with Crippen LogP contribution in [0.15, 0.2) is 41.5 Å². The van der Waals surface area contributed by atoms with Gasteiger partial charge in [-0.05, 0) is 30.3 Å². The average molecular weight is 409 g/mol. The van der Waals surface area contributed by atoms with Crippen molar-refractivity contribution >= 4 is 29.2 Å². The third-order valence-electron chi connectivity index (χ3n) is 4.76. The predicted octanol–water partition coefficient (Wildman–Crippen LogP) is 2.41. The second kappa shape index (κ2) is 6.68. The van der Waals surface area contributed by atoms with E-state index in [1.54, 1.807) is 0 Å². The van der Waals surface area contributed by atoms with Crippen LogP contribution in [-0.2, 0) is 15.0 Å². The third kappa shape index (κ3) is 2.96. The molecule has 3 N–H and O–H groups in total. The lowest BCUT2D eigenvalue weighted by Crippen LogP contribution is -2.55. The van der Waals surface area contributed by atoms with E-state index >= 15 is 4.39 Å². The van der Waals surface area contributed by atoms with E-state index in [1.807, 2.05) is 0 Å². The van der Waals surface area contributed by atoms with Crippen molar-refractivity contribution < 1.29 is 23.0 Å². The van der Waals surface area contributed by atoms with Crippen LogP contribution in [0, 0.1) is 5.82 Å². The summed E-state index contributed by atoms with van der Waals surface area (Å²) >= 11 is 5.76. The molecule has 146 valence electrons. The number of aliphatic imine (C=N–C) groups is 1. The molecular weight excluding hydrogens is 394 g/mol. The molecule has 28 heavy (non-hydrogen) atoms. The van der Waals surface area contributed by atoms with Gasteiger partial charge in [-0.15, -0.1) is 0 Å². The topological polar surface area (TPSA) is 98.8 Å². The molecule has 0 spiro atoms.